The summed E-state index contributed by atoms with van der Waals surface area (Å²) in [4.78, 5) is 24.0. The van der Waals surface area contributed by atoms with Gasteiger partial charge in [0, 0.05) is 23.3 Å². The van der Waals surface area contributed by atoms with Crippen LogP contribution in [0.1, 0.15) is 49.6 Å². The van der Waals surface area contributed by atoms with Crippen molar-refractivity contribution in [2.45, 2.75) is 45.2 Å². The van der Waals surface area contributed by atoms with Gasteiger partial charge in [-0.05, 0) is 48.2 Å². The van der Waals surface area contributed by atoms with Gasteiger partial charge in [-0.25, -0.2) is 0 Å². The van der Waals surface area contributed by atoms with Gasteiger partial charge >= 0.3 is 0 Å². The third-order valence-corrected chi connectivity index (χ3v) is 3.71. The van der Waals surface area contributed by atoms with E-state index in [0.29, 0.717) is 18.3 Å². The van der Waals surface area contributed by atoms with Crippen LogP contribution in [0.25, 0.3) is 0 Å². The van der Waals surface area contributed by atoms with E-state index in [1.165, 1.54) is 0 Å². The summed E-state index contributed by atoms with van der Waals surface area (Å²) < 4.78 is 2.87. The monoisotopic (exact) mass is 341 g/mol. The van der Waals surface area contributed by atoms with Crippen molar-refractivity contribution in [3.8, 4) is 0 Å². The number of nitrogens with zero attached hydrogens (tertiary/aromatic N) is 1. The summed E-state index contributed by atoms with van der Waals surface area (Å²) in [6.45, 7) is 4.31. The Morgan fingerprint density at radius 2 is 2.20 bits per heavy atom. The molecule has 1 unspecified atom stereocenters. The number of hydrogen-bond donors (Lipinski definition) is 2. The first kappa shape index (κ1) is 15.1. The molecule has 2 rings (SSSR count). The van der Waals surface area contributed by atoms with Crippen molar-refractivity contribution in [1.82, 2.24) is 15.2 Å². The van der Waals surface area contributed by atoms with Crippen molar-refractivity contribution in [3.63, 3.8) is 0 Å². The molecule has 1 aromatic heterocycles. The van der Waals surface area contributed by atoms with Gasteiger partial charge in [-0.3, -0.25) is 9.59 Å². The van der Waals surface area contributed by atoms with Gasteiger partial charge < -0.3 is 15.2 Å². The summed E-state index contributed by atoms with van der Waals surface area (Å²) in [7, 11) is 0. The van der Waals surface area contributed by atoms with Crippen LogP contribution in [0, 0.1) is 0 Å². The lowest BCUT2D eigenvalue weighted by atomic mass is 10.3. The van der Waals surface area contributed by atoms with E-state index in [1.54, 1.807) is 13.0 Å². The molecule has 1 fully saturated rings. The van der Waals surface area contributed by atoms with Crippen LogP contribution in [0.3, 0.4) is 0 Å². The van der Waals surface area contributed by atoms with Crippen LogP contribution in [0.15, 0.2) is 16.7 Å². The van der Waals surface area contributed by atoms with Gasteiger partial charge in [0.2, 0.25) is 5.91 Å². The zero-order valence-corrected chi connectivity index (χ0v) is 13.4. The maximum absolute atomic E-state index is 12.3. The molecular formula is C14H20BrN3O2. The Hall–Kier alpha value is -1.30. The third kappa shape index (κ3) is 3.62. The fraction of sp³-hybridized carbons (Fsp3) is 0.571. The first-order valence-corrected chi connectivity index (χ1v) is 7.78. The molecule has 2 N–H and O–H groups in total. The highest BCUT2D eigenvalue weighted by Crippen LogP contribution is 2.37. The van der Waals surface area contributed by atoms with Crippen molar-refractivity contribution in [2.75, 3.05) is 6.54 Å². The van der Waals surface area contributed by atoms with E-state index in [0.717, 1.165) is 23.7 Å². The van der Waals surface area contributed by atoms with Crippen LogP contribution in [0.5, 0.6) is 0 Å². The Balaban J connectivity index is 1.99. The number of hydrogen-bond acceptors (Lipinski definition) is 2. The van der Waals surface area contributed by atoms with Gasteiger partial charge in [0.05, 0.1) is 0 Å². The average Bonchev–Trinajstić information content (AvgIpc) is 3.18. The Bertz CT molecular complexity index is 509. The molecule has 0 aromatic carbocycles. The van der Waals surface area contributed by atoms with Crippen molar-refractivity contribution in [3.05, 3.63) is 22.4 Å². The van der Waals surface area contributed by atoms with Crippen LogP contribution in [0.4, 0.5) is 0 Å². The SMILES string of the molecule is CCCNC(=O)C(C)NC(=O)c1cc(Br)cn1C1CC1. The van der Waals surface area contributed by atoms with E-state index < -0.39 is 6.04 Å². The maximum atomic E-state index is 12.3. The van der Waals surface area contributed by atoms with E-state index in [9.17, 15) is 9.59 Å². The van der Waals surface area contributed by atoms with Crippen molar-refractivity contribution >= 4 is 27.7 Å². The third-order valence-electron chi connectivity index (χ3n) is 3.28. The lowest BCUT2D eigenvalue weighted by Gasteiger charge is -2.14. The number of rotatable bonds is 6. The van der Waals surface area contributed by atoms with E-state index >= 15 is 0 Å². The van der Waals surface area contributed by atoms with Crippen molar-refractivity contribution < 1.29 is 9.59 Å². The Kier molecular flexibility index (Phi) is 4.86. The van der Waals surface area contributed by atoms with Crippen LogP contribution in [-0.2, 0) is 4.79 Å². The lowest BCUT2D eigenvalue weighted by Crippen LogP contribution is -2.45. The minimum Gasteiger partial charge on any atom is -0.354 e. The molecule has 0 bridgehead atoms. The average molecular weight is 342 g/mol. The number of halogens is 1. The summed E-state index contributed by atoms with van der Waals surface area (Å²) in [5.41, 5.74) is 0.606. The van der Waals surface area contributed by atoms with E-state index in [2.05, 4.69) is 26.6 Å². The minimum absolute atomic E-state index is 0.149. The highest BCUT2D eigenvalue weighted by molar-refractivity contribution is 9.10. The Morgan fingerprint density at radius 1 is 1.50 bits per heavy atom. The molecule has 1 aromatic rings. The van der Waals surface area contributed by atoms with Gasteiger partial charge in [0.25, 0.3) is 5.91 Å². The van der Waals surface area contributed by atoms with Crippen LogP contribution >= 0.6 is 15.9 Å². The van der Waals surface area contributed by atoms with Gasteiger partial charge in [0.1, 0.15) is 11.7 Å². The normalized spacial score (nSPS) is 15.8. The lowest BCUT2D eigenvalue weighted by molar-refractivity contribution is -0.122. The molecule has 1 saturated carbocycles. The fourth-order valence-corrected chi connectivity index (χ4v) is 2.46. The molecule has 0 aliphatic heterocycles. The van der Waals surface area contributed by atoms with Gasteiger partial charge in [-0.2, -0.15) is 0 Å². The number of amides is 2. The molecule has 1 aliphatic carbocycles. The zero-order valence-electron chi connectivity index (χ0n) is 11.8. The smallest absolute Gasteiger partial charge is 0.268 e. The summed E-state index contributed by atoms with van der Waals surface area (Å²) in [6, 6.07) is 1.69. The molecule has 110 valence electrons. The van der Waals surface area contributed by atoms with Crippen molar-refractivity contribution in [1.29, 1.82) is 0 Å². The largest absolute Gasteiger partial charge is 0.354 e. The first-order chi connectivity index (χ1) is 9.52. The second kappa shape index (κ2) is 6.43. The van der Waals surface area contributed by atoms with E-state index in [-0.39, 0.29) is 11.8 Å². The predicted octanol–water partition coefficient (Wildman–Crippen LogP) is 2.23. The summed E-state index contributed by atoms with van der Waals surface area (Å²) in [5.74, 6) is -0.356. The molecule has 1 atom stereocenters. The highest BCUT2D eigenvalue weighted by atomic mass is 79.9. The first-order valence-electron chi connectivity index (χ1n) is 6.99. The molecule has 0 radical (unpaired) electrons. The second-order valence-electron chi connectivity index (χ2n) is 5.17. The molecule has 6 heteroatoms. The van der Waals surface area contributed by atoms with Gasteiger partial charge in [0.15, 0.2) is 0 Å². The molecule has 20 heavy (non-hydrogen) atoms. The number of nitrogens with one attached hydrogen (secondary N) is 2. The molecule has 5 nitrogen and oxygen atoms in total. The van der Waals surface area contributed by atoms with Gasteiger partial charge in [-0.15, -0.1) is 0 Å². The van der Waals surface area contributed by atoms with E-state index in [4.69, 9.17) is 0 Å². The molecular weight excluding hydrogens is 322 g/mol. The number of aromatic nitrogens is 1. The highest BCUT2D eigenvalue weighted by Gasteiger charge is 2.28. The zero-order chi connectivity index (χ0) is 14.7. The molecule has 1 heterocycles. The number of carbonyl (C=O) groups excluding carboxylic acids is 2. The second-order valence-corrected chi connectivity index (χ2v) is 6.08. The van der Waals surface area contributed by atoms with Crippen molar-refractivity contribution in [2.24, 2.45) is 0 Å². The summed E-state index contributed by atoms with van der Waals surface area (Å²) >= 11 is 3.40. The molecule has 0 saturated heterocycles. The molecule has 0 spiro atoms. The maximum Gasteiger partial charge on any atom is 0.268 e. The minimum atomic E-state index is -0.532. The van der Waals surface area contributed by atoms with Crippen LogP contribution in [0.2, 0.25) is 0 Å². The van der Waals surface area contributed by atoms with Crippen LogP contribution < -0.4 is 10.6 Å². The molecule has 1 aliphatic rings. The topological polar surface area (TPSA) is 63.1 Å². The van der Waals surface area contributed by atoms with Gasteiger partial charge in [-0.1, -0.05) is 6.92 Å². The standard InChI is InChI=1S/C14H20BrN3O2/c1-3-6-16-13(19)9(2)17-14(20)12-7-10(15)8-18(12)11-4-5-11/h7-9,11H,3-6H2,1-2H3,(H,16,19)(H,17,20). The molecule has 2 amide bonds. The van der Waals surface area contributed by atoms with E-state index in [1.807, 2.05) is 17.7 Å². The fourth-order valence-electron chi connectivity index (χ4n) is 2.02. The summed E-state index contributed by atoms with van der Waals surface area (Å²) in [5, 5.41) is 5.52. The summed E-state index contributed by atoms with van der Waals surface area (Å²) in [6.07, 6.45) is 5.01. The Labute approximate surface area is 127 Å². The quantitative estimate of drug-likeness (QED) is 0.833. The van der Waals surface area contributed by atoms with Crippen LogP contribution in [-0.4, -0.2) is 29.0 Å². The number of carbonyl (C=O) groups is 2. The predicted molar refractivity (Wildman–Crippen MR) is 80.6 cm³/mol. The Morgan fingerprint density at radius 3 is 2.80 bits per heavy atom.